The molecule has 0 aromatic heterocycles. The first-order chi connectivity index (χ1) is 12.3. The molecule has 146 valence electrons. The number of amides is 1. The molecule has 2 aliphatic rings. The van der Waals surface area contributed by atoms with E-state index in [0.29, 0.717) is 19.3 Å². The molecular weight excluding hydrogens is 352 g/mol. The molecular formula is C20H31ClN2O3. The molecule has 5 nitrogen and oxygen atoms in total. The molecule has 0 bridgehead atoms. The zero-order valence-electron chi connectivity index (χ0n) is 15.6. The molecule has 1 saturated heterocycles. The van der Waals surface area contributed by atoms with Crippen molar-refractivity contribution in [2.24, 2.45) is 5.92 Å². The summed E-state index contributed by atoms with van der Waals surface area (Å²) < 4.78 is 10.6. The van der Waals surface area contributed by atoms with Crippen molar-refractivity contribution in [3.8, 4) is 5.75 Å². The Morgan fingerprint density at radius 1 is 1.12 bits per heavy atom. The number of carbonyl (C=O) groups is 1. The molecule has 0 unspecified atom stereocenters. The fraction of sp³-hybridized carbons (Fsp3) is 0.650. The lowest BCUT2D eigenvalue weighted by Crippen LogP contribution is -2.45. The molecule has 6 heteroatoms. The van der Waals surface area contributed by atoms with E-state index in [-0.39, 0.29) is 18.3 Å². The fourth-order valence-corrected chi connectivity index (χ4v) is 3.21. The maximum atomic E-state index is 12.6. The van der Waals surface area contributed by atoms with Crippen LogP contribution in [0.5, 0.6) is 5.75 Å². The lowest BCUT2D eigenvalue weighted by atomic mass is 10.0. The molecule has 1 heterocycles. The molecule has 1 aromatic carbocycles. The van der Waals surface area contributed by atoms with E-state index in [1.807, 2.05) is 29.2 Å². The summed E-state index contributed by atoms with van der Waals surface area (Å²) in [5, 5.41) is 3.66. The van der Waals surface area contributed by atoms with Crippen molar-refractivity contribution in [2.75, 3.05) is 40.0 Å². The molecule has 26 heavy (non-hydrogen) atoms. The second kappa shape index (κ2) is 10.8. The maximum Gasteiger partial charge on any atom is 0.253 e. The number of nitrogens with zero attached hydrogens (tertiary/aromatic N) is 1. The molecule has 0 radical (unpaired) electrons. The van der Waals surface area contributed by atoms with E-state index in [9.17, 15) is 4.79 Å². The monoisotopic (exact) mass is 382 g/mol. The maximum absolute atomic E-state index is 12.6. The van der Waals surface area contributed by atoms with Crippen molar-refractivity contribution in [2.45, 2.75) is 38.1 Å². The quantitative estimate of drug-likeness (QED) is 0.666. The first kappa shape index (κ1) is 21.0. The van der Waals surface area contributed by atoms with Gasteiger partial charge in [0.15, 0.2) is 0 Å². The number of carbonyl (C=O) groups excluding carboxylic acids is 1. The van der Waals surface area contributed by atoms with Crippen LogP contribution in [0.4, 0.5) is 0 Å². The summed E-state index contributed by atoms with van der Waals surface area (Å²) in [7, 11) is 1.69. The van der Waals surface area contributed by atoms with Gasteiger partial charge in [0.25, 0.3) is 5.91 Å². The van der Waals surface area contributed by atoms with Crippen LogP contribution in [0.25, 0.3) is 0 Å². The molecule has 0 atom stereocenters. The van der Waals surface area contributed by atoms with Gasteiger partial charge >= 0.3 is 0 Å². The summed E-state index contributed by atoms with van der Waals surface area (Å²) in [4.78, 5) is 14.6. The van der Waals surface area contributed by atoms with E-state index in [4.69, 9.17) is 9.47 Å². The molecule has 0 spiro atoms. The molecule has 1 N–H and O–H groups in total. The Hall–Kier alpha value is -1.30. The second-order valence-corrected chi connectivity index (χ2v) is 7.14. The van der Waals surface area contributed by atoms with Crippen LogP contribution >= 0.6 is 12.4 Å². The second-order valence-electron chi connectivity index (χ2n) is 7.14. The summed E-state index contributed by atoms with van der Waals surface area (Å²) in [6.07, 6.45) is 5.74. The first-order valence-corrected chi connectivity index (χ1v) is 9.50. The summed E-state index contributed by atoms with van der Waals surface area (Å²) in [5.74, 6) is 1.84. The summed E-state index contributed by atoms with van der Waals surface area (Å²) in [5.41, 5.74) is 0.744. The molecule has 1 saturated carbocycles. The lowest BCUT2D eigenvalue weighted by molar-refractivity contribution is 0.0705. The Morgan fingerprint density at radius 3 is 2.42 bits per heavy atom. The van der Waals surface area contributed by atoms with E-state index in [1.165, 1.54) is 12.8 Å². The smallest absolute Gasteiger partial charge is 0.253 e. The summed E-state index contributed by atoms with van der Waals surface area (Å²) >= 11 is 0. The minimum atomic E-state index is 0. The first-order valence-electron chi connectivity index (χ1n) is 9.50. The van der Waals surface area contributed by atoms with E-state index in [0.717, 1.165) is 56.1 Å². The Labute approximate surface area is 162 Å². The van der Waals surface area contributed by atoms with E-state index in [1.54, 1.807) is 7.11 Å². The van der Waals surface area contributed by atoms with Crippen molar-refractivity contribution in [1.82, 2.24) is 10.2 Å². The molecule has 1 aliphatic carbocycles. The Morgan fingerprint density at radius 2 is 1.81 bits per heavy atom. The highest BCUT2D eigenvalue weighted by molar-refractivity contribution is 5.94. The van der Waals surface area contributed by atoms with Crippen molar-refractivity contribution in [3.63, 3.8) is 0 Å². The highest BCUT2D eigenvalue weighted by Crippen LogP contribution is 2.28. The van der Waals surface area contributed by atoms with Gasteiger partial charge in [-0.3, -0.25) is 4.79 Å². The third-order valence-corrected chi connectivity index (χ3v) is 5.04. The van der Waals surface area contributed by atoms with Gasteiger partial charge in [-0.1, -0.05) is 0 Å². The highest BCUT2D eigenvalue weighted by atomic mass is 35.5. The van der Waals surface area contributed by atoms with E-state index >= 15 is 0 Å². The van der Waals surface area contributed by atoms with Crippen LogP contribution < -0.4 is 10.1 Å². The number of ether oxygens (including phenoxy) is 2. The molecule has 3 rings (SSSR count). The van der Waals surface area contributed by atoms with Crippen LogP contribution in [-0.2, 0) is 4.74 Å². The Bertz CT molecular complexity index is 540. The number of methoxy groups -OCH3 is 1. The van der Waals surface area contributed by atoms with Crippen LogP contribution in [-0.4, -0.2) is 56.8 Å². The topological polar surface area (TPSA) is 50.8 Å². The van der Waals surface area contributed by atoms with Crippen molar-refractivity contribution >= 4 is 18.3 Å². The molecule has 1 aliphatic heterocycles. The average molecular weight is 383 g/mol. The standard InChI is InChI=1S/C20H30N2O3.ClH/c1-24-13-2-14-25-19-7-5-17(6-8-19)20(23)22-11-9-18(10-12-22)21-15-16-3-4-16;/h5-8,16,18,21H,2-4,9-15H2,1H3;1H. The number of nitrogens with one attached hydrogen (secondary N) is 1. The van der Waals surface area contributed by atoms with Gasteiger partial charge in [0.05, 0.1) is 6.61 Å². The van der Waals surface area contributed by atoms with Gasteiger partial charge in [0, 0.05) is 44.8 Å². The zero-order chi connectivity index (χ0) is 17.5. The number of benzene rings is 1. The highest BCUT2D eigenvalue weighted by Gasteiger charge is 2.26. The number of hydrogen-bond donors (Lipinski definition) is 1. The molecule has 2 fully saturated rings. The number of halogens is 1. The van der Waals surface area contributed by atoms with Crippen molar-refractivity contribution < 1.29 is 14.3 Å². The number of likely N-dealkylation sites (tertiary alicyclic amines) is 1. The van der Waals surface area contributed by atoms with Crippen LogP contribution in [0.3, 0.4) is 0 Å². The predicted octanol–water partition coefficient (Wildman–Crippen LogP) is 3.13. The van der Waals surface area contributed by atoms with Crippen LogP contribution in [0.15, 0.2) is 24.3 Å². The van der Waals surface area contributed by atoms with Crippen LogP contribution in [0, 0.1) is 5.92 Å². The van der Waals surface area contributed by atoms with E-state index < -0.39 is 0 Å². The number of rotatable bonds is 9. The number of piperidine rings is 1. The largest absolute Gasteiger partial charge is 0.494 e. The van der Waals surface area contributed by atoms with Gasteiger partial charge in [-0.15, -0.1) is 12.4 Å². The van der Waals surface area contributed by atoms with Gasteiger partial charge in [-0.2, -0.15) is 0 Å². The van der Waals surface area contributed by atoms with Gasteiger partial charge in [-0.05, 0) is 62.4 Å². The van der Waals surface area contributed by atoms with Gasteiger partial charge < -0.3 is 19.7 Å². The van der Waals surface area contributed by atoms with Crippen LogP contribution in [0.2, 0.25) is 0 Å². The number of hydrogen-bond acceptors (Lipinski definition) is 4. The Balaban J connectivity index is 0.00000243. The molecule has 1 amide bonds. The van der Waals surface area contributed by atoms with Crippen molar-refractivity contribution in [1.29, 1.82) is 0 Å². The lowest BCUT2D eigenvalue weighted by Gasteiger charge is -2.32. The normalized spacial score (nSPS) is 17.7. The predicted molar refractivity (Wildman–Crippen MR) is 105 cm³/mol. The third kappa shape index (κ3) is 6.45. The average Bonchev–Trinajstić information content (AvgIpc) is 3.48. The third-order valence-electron chi connectivity index (χ3n) is 5.04. The SMILES string of the molecule is COCCCOc1ccc(C(=O)N2CCC(NCC3CC3)CC2)cc1.Cl. The van der Waals surface area contributed by atoms with Crippen LogP contribution in [0.1, 0.15) is 42.5 Å². The minimum Gasteiger partial charge on any atom is -0.494 e. The van der Waals surface area contributed by atoms with Crippen molar-refractivity contribution in [3.05, 3.63) is 29.8 Å². The van der Waals surface area contributed by atoms with Gasteiger partial charge in [-0.25, -0.2) is 0 Å². The Kier molecular flexibility index (Phi) is 8.69. The zero-order valence-corrected chi connectivity index (χ0v) is 16.4. The molecule has 1 aromatic rings. The fourth-order valence-electron chi connectivity index (χ4n) is 3.21. The van der Waals surface area contributed by atoms with Gasteiger partial charge in [0.2, 0.25) is 0 Å². The van der Waals surface area contributed by atoms with E-state index in [2.05, 4.69) is 5.32 Å². The minimum absolute atomic E-state index is 0. The summed E-state index contributed by atoms with van der Waals surface area (Å²) in [6.45, 7) is 4.17. The summed E-state index contributed by atoms with van der Waals surface area (Å²) in [6, 6.07) is 8.07. The van der Waals surface area contributed by atoms with Gasteiger partial charge in [0.1, 0.15) is 5.75 Å².